The zero-order chi connectivity index (χ0) is 16.9. The second kappa shape index (κ2) is 7.82. The molecule has 1 amide bonds. The fourth-order valence-electron chi connectivity index (χ4n) is 2.00. The Balaban J connectivity index is 1.61. The van der Waals surface area contributed by atoms with Gasteiger partial charge >= 0.3 is 0 Å². The number of thioether (sulfide) groups is 1. The number of aryl methyl sites for hydroxylation is 2. The largest absolute Gasteiger partial charge is 0.296 e. The molecule has 0 atom stereocenters. The van der Waals surface area contributed by atoms with Gasteiger partial charge in [0.05, 0.1) is 5.69 Å². The summed E-state index contributed by atoms with van der Waals surface area (Å²) in [6, 6.07) is 8.26. The van der Waals surface area contributed by atoms with Crippen molar-refractivity contribution in [2.24, 2.45) is 0 Å². The molecule has 0 unspecified atom stereocenters. The molecule has 0 spiro atoms. The Labute approximate surface area is 151 Å². The Morgan fingerprint density at radius 3 is 2.88 bits per heavy atom. The third-order valence-electron chi connectivity index (χ3n) is 3.34. The molecule has 2 aromatic heterocycles. The van der Waals surface area contributed by atoms with E-state index in [1.54, 1.807) is 11.8 Å². The molecule has 3 aromatic rings. The molecule has 124 valence electrons. The maximum atomic E-state index is 12.2. The van der Waals surface area contributed by atoms with Crippen LogP contribution in [0.1, 0.15) is 33.4 Å². The molecule has 2 heterocycles. The minimum absolute atomic E-state index is 0.228. The minimum Gasteiger partial charge on any atom is -0.296 e. The topological polar surface area (TPSA) is 80.7 Å². The van der Waals surface area contributed by atoms with Crippen LogP contribution in [0.15, 0.2) is 28.6 Å². The standard InChI is InChI=1S/C15H15N5OS3/c1-3-11-12(24-20-17-11)13(21)16-14-18-19-15(23-14)22-8-10-7-5-4-6-9(10)2/h4-7H,3,8H2,1-2H3,(H,16,18,21). The summed E-state index contributed by atoms with van der Waals surface area (Å²) in [7, 11) is 0. The number of amides is 1. The molecule has 6 nitrogen and oxygen atoms in total. The van der Waals surface area contributed by atoms with E-state index in [0.717, 1.165) is 21.6 Å². The quantitative estimate of drug-likeness (QED) is 0.520. The third-order valence-corrected chi connectivity index (χ3v) is 6.12. The predicted octanol–water partition coefficient (Wildman–Crippen LogP) is 3.81. The van der Waals surface area contributed by atoms with Gasteiger partial charge in [-0.15, -0.1) is 15.3 Å². The number of aromatic nitrogens is 4. The van der Waals surface area contributed by atoms with Crippen molar-refractivity contribution in [3.05, 3.63) is 46.0 Å². The van der Waals surface area contributed by atoms with Crippen molar-refractivity contribution in [2.45, 2.75) is 30.4 Å². The molecular weight excluding hydrogens is 362 g/mol. The van der Waals surface area contributed by atoms with Crippen molar-refractivity contribution < 1.29 is 4.79 Å². The van der Waals surface area contributed by atoms with E-state index in [-0.39, 0.29) is 5.91 Å². The van der Waals surface area contributed by atoms with Crippen molar-refractivity contribution >= 4 is 45.7 Å². The first kappa shape index (κ1) is 17.0. The van der Waals surface area contributed by atoms with Crippen molar-refractivity contribution in [1.82, 2.24) is 19.8 Å². The third kappa shape index (κ3) is 3.97. The lowest BCUT2D eigenvalue weighted by Gasteiger charge is -2.02. The van der Waals surface area contributed by atoms with E-state index >= 15 is 0 Å². The molecule has 24 heavy (non-hydrogen) atoms. The highest BCUT2D eigenvalue weighted by Gasteiger charge is 2.17. The molecule has 3 rings (SSSR count). The highest BCUT2D eigenvalue weighted by atomic mass is 32.2. The molecule has 0 aliphatic rings. The molecule has 0 aliphatic heterocycles. The molecule has 0 radical (unpaired) electrons. The number of rotatable bonds is 6. The van der Waals surface area contributed by atoms with Crippen molar-refractivity contribution in [2.75, 3.05) is 5.32 Å². The van der Waals surface area contributed by atoms with Crippen LogP contribution in [0.3, 0.4) is 0 Å². The van der Waals surface area contributed by atoms with Gasteiger partial charge < -0.3 is 0 Å². The number of nitrogens with zero attached hydrogens (tertiary/aromatic N) is 4. The molecular formula is C15H15N5OS3. The summed E-state index contributed by atoms with van der Waals surface area (Å²) in [5, 5.41) is 15.4. The summed E-state index contributed by atoms with van der Waals surface area (Å²) >= 11 is 4.08. The SMILES string of the molecule is CCc1nnsc1C(=O)Nc1nnc(SCc2ccccc2C)s1. The Kier molecular flexibility index (Phi) is 5.54. The van der Waals surface area contributed by atoms with Gasteiger partial charge in [0, 0.05) is 5.75 Å². The van der Waals surface area contributed by atoms with Gasteiger partial charge in [0.25, 0.3) is 5.91 Å². The summed E-state index contributed by atoms with van der Waals surface area (Å²) in [5.41, 5.74) is 3.23. The van der Waals surface area contributed by atoms with Gasteiger partial charge in [-0.2, -0.15) is 0 Å². The average molecular weight is 378 g/mol. The smallest absolute Gasteiger partial charge is 0.271 e. The Hall–Kier alpha value is -1.84. The van der Waals surface area contributed by atoms with E-state index < -0.39 is 0 Å². The number of hydrogen-bond acceptors (Lipinski definition) is 8. The maximum Gasteiger partial charge on any atom is 0.271 e. The Morgan fingerprint density at radius 2 is 2.08 bits per heavy atom. The maximum absolute atomic E-state index is 12.2. The molecule has 0 bridgehead atoms. The van der Waals surface area contributed by atoms with Crippen LogP contribution in [0.25, 0.3) is 0 Å². The van der Waals surface area contributed by atoms with Gasteiger partial charge in [0.15, 0.2) is 4.34 Å². The van der Waals surface area contributed by atoms with Gasteiger partial charge in [-0.1, -0.05) is 58.8 Å². The molecule has 0 aliphatic carbocycles. The first-order valence-corrected chi connectivity index (χ1v) is 9.88. The van der Waals surface area contributed by atoms with Crippen molar-refractivity contribution in [3.8, 4) is 0 Å². The van der Waals surface area contributed by atoms with Gasteiger partial charge in [-0.25, -0.2) is 0 Å². The Bertz CT molecular complexity index is 845. The normalized spacial score (nSPS) is 10.8. The summed E-state index contributed by atoms with van der Waals surface area (Å²) < 4.78 is 4.65. The highest BCUT2D eigenvalue weighted by Crippen LogP contribution is 2.29. The zero-order valence-electron chi connectivity index (χ0n) is 13.1. The average Bonchev–Trinajstić information content (AvgIpc) is 3.23. The van der Waals surface area contributed by atoms with E-state index in [1.807, 2.05) is 19.1 Å². The predicted molar refractivity (Wildman–Crippen MR) is 97.9 cm³/mol. The van der Waals surface area contributed by atoms with Crippen LogP contribution in [0.4, 0.5) is 5.13 Å². The minimum atomic E-state index is -0.228. The summed E-state index contributed by atoms with van der Waals surface area (Å²) in [6.07, 6.45) is 0.674. The summed E-state index contributed by atoms with van der Waals surface area (Å²) in [4.78, 5) is 12.8. The van der Waals surface area contributed by atoms with Gasteiger partial charge in [0.1, 0.15) is 4.88 Å². The number of carbonyl (C=O) groups is 1. The van der Waals surface area contributed by atoms with Crippen LogP contribution in [-0.4, -0.2) is 25.7 Å². The molecule has 0 saturated carbocycles. The van der Waals surface area contributed by atoms with Gasteiger partial charge in [-0.3, -0.25) is 10.1 Å². The van der Waals surface area contributed by atoms with Crippen molar-refractivity contribution in [3.63, 3.8) is 0 Å². The van der Waals surface area contributed by atoms with Crippen LogP contribution < -0.4 is 5.32 Å². The number of anilines is 1. The molecule has 9 heteroatoms. The lowest BCUT2D eigenvalue weighted by atomic mass is 10.1. The lowest BCUT2D eigenvalue weighted by Crippen LogP contribution is -2.12. The van der Waals surface area contributed by atoms with E-state index in [0.29, 0.717) is 22.1 Å². The molecule has 0 saturated heterocycles. The van der Waals surface area contributed by atoms with Crippen LogP contribution in [0.5, 0.6) is 0 Å². The van der Waals surface area contributed by atoms with Gasteiger partial charge in [-0.05, 0) is 36.0 Å². The number of nitrogens with one attached hydrogen (secondary N) is 1. The van der Waals surface area contributed by atoms with E-state index in [2.05, 4.69) is 44.2 Å². The van der Waals surface area contributed by atoms with Crippen LogP contribution >= 0.6 is 34.6 Å². The molecule has 1 N–H and O–H groups in total. The fourth-order valence-corrected chi connectivity index (χ4v) is 4.47. The van der Waals surface area contributed by atoms with E-state index in [1.165, 1.54) is 22.5 Å². The first-order chi connectivity index (χ1) is 11.7. The first-order valence-electron chi connectivity index (χ1n) is 7.30. The monoisotopic (exact) mass is 377 g/mol. The van der Waals surface area contributed by atoms with Gasteiger partial charge in [0.2, 0.25) is 5.13 Å². The van der Waals surface area contributed by atoms with E-state index in [4.69, 9.17) is 0 Å². The summed E-state index contributed by atoms with van der Waals surface area (Å²) in [6.45, 7) is 4.04. The fraction of sp³-hybridized carbons (Fsp3) is 0.267. The van der Waals surface area contributed by atoms with Crippen LogP contribution in [-0.2, 0) is 12.2 Å². The number of benzene rings is 1. The van der Waals surface area contributed by atoms with Crippen molar-refractivity contribution in [1.29, 1.82) is 0 Å². The number of hydrogen-bond donors (Lipinski definition) is 1. The molecule has 0 fully saturated rings. The second-order valence-electron chi connectivity index (χ2n) is 4.94. The highest BCUT2D eigenvalue weighted by molar-refractivity contribution is 8.00. The molecule has 1 aromatic carbocycles. The number of carbonyl (C=O) groups excluding carboxylic acids is 1. The van der Waals surface area contributed by atoms with E-state index in [9.17, 15) is 4.79 Å². The lowest BCUT2D eigenvalue weighted by molar-refractivity contribution is 0.102. The Morgan fingerprint density at radius 1 is 1.25 bits per heavy atom. The van der Waals surface area contributed by atoms with Crippen LogP contribution in [0.2, 0.25) is 0 Å². The van der Waals surface area contributed by atoms with Crippen LogP contribution in [0, 0.1) is 6.92 Å². The summed E-state index contributed by atoms with van der Waals surface area (Å²) in [5.74, 6) is 0.599. The second-order valence-corrected chi connectivity index (χ2v) is 7.90. The zero-order valence-corrected chi connectivity index (χ0v) is 15.6.